The maximum absolute atomic E-state index is 10.2. The minimum absolute atomic E-state index is 0. The van der Waals surface area contributed by atoms with Crippen LogP contribution in [0.15, 0.2) is 206 Å². The van der Waals surface area contributed by atoms with Gasteiger partial charge in [0, 0.05) is 60.7 Å². The van der Waals surface area contributed by atoms with Crippen LogP contribution < -0.4 is 9.30 Å². The van der Waals surface area contributed by atoms with Crippen LogP contribution in [-0.4, -0.2) is 14.1 Å². The smallest absolute Gasteiger partial charge is 0.268 e. The van der Waals surface area contributed by atoms with Crippen LogP contribution in [0.3, 0.4) is 0 Å². The van der Waals surface area contributed by atoms with E-state index in [4.69, 9.17) is 26.2 Å². The van der Waals surface area contributed by atoms with Crippen LogP contribution in [0.1, 0.15) is 102 Å². The van der Waals surface area contributed by atoms with Gasteiger partial charge < -0.3 is 13.9 Å². The summed E-state index contributed by atoms with van der Waals surface area (Å²) in [5.41, 5.74) is -0.295. The number of benzene rings is 10. The molecular weight excluding hydrogens is 1200 g/mol. The van der Waals surface area contributed by atoms with Gasteiger partial charge in [0.15, 0.2) is 0 Å². The Morgan fingerprint density at radius 3 is 1.71 bits per heavy atom. The molecule has 0 spiro atoms. The quantitative estimate of drug-likeness (QED) is 0.118. The fourth-order valence-corrected chi connectivity index (χ4v) is 11.5. The minimum Gasteiger partial charge on any atom is -0.510 e. The minimum atomic E-state index is -2.99. The maximum Gasteiger partial charge on any atom is 0.268 e. The Morgan fingerprint density at radius 1 is 0.500 bits per heavy atom. The molecule has 0 amide bonds. The maximum atomic E-state index is 10.2. The third-order valence-electron chi connectivity index (χ3n) is 15.6. The number of fused-ring (bicyclic) bond motifs is 10. The first-order valence-corrected chi connectivity index (χ1v) is 27.2. The van der Waals surface area contributed by atoms with Gasteiger partial charge in [0.2, 0.25) is 0 Å². The molecule has 14 rings (SSSR count). The summed E-state index contributed by atoms with van der Waals surface area (Å²) in [4.78, 5) is 4.84. The van der Waals surface area contributed by atoms with Crippen molar-refractivity contribution in [2.45, 2.75) is 79.8 Å². The van der Waals surface area contributed by atoms with E-state index < -0.39 is 92.3 Å². The molecule has 0 aliphatic carbocycles. The number of hydrogen-bond donors (Lipinski definition) is 0. The Morgan fingerprint density at radius 2 is 1.07 bits per heavy atom. The molecule has 0 saturated carbocycles. The molecule has 0 bridgehead atoms. The van der Waals surface area contributed by atoms with Gasteiger partial charge in [-0.1, -0.05) is 180 Å². The summed E-state index contributed by atoms with van der Waals surface area (Å²) >= 11 is 0. The molecule has 6 heteroatoms. The predicted molar refractivity (Wildman–Crippen MR) is 342 cm³/mol. The van der Waals surface area contributed by atoms with Gasteiger partial charge in [-0.05, 0) is 186 Å². The molecule has 4 heterocycles. The van der Waals surface area contributed by atoms with Crippen molar-refractivity contribution in [3.63, 3.8) is 0 Å². The van der Waals surface area contributed by atoms with E-state index in [1.165, 1.54) is 63.7 Å². The van der Waals surface area contributed by atoms with Crippen molar-refractivity contribution in [2.75, 3.05) is 0 Å². The van der Waals surface area contributed by atoms with Crippen LogP contribution in [0.2, 0.25) is 0 Å². The van der Waals surface area contributed by atoms with Crippen LogP contribution >= 0.6 is 0 Å². The Balaban J connectivity index is 0.00000961. The van der Waals surface area contributed by atoms with E-state index in [1.807, 2.05) is 79.9 Å². The SMILES string of the molecule is [2H]c1c([2H])c([2H])c2c(c1[2H])-c1cc(-c3c(C([2H])([2H])[2H])cccc3C([2H])([2H])[2H])cc(-c3ccc(C(C)(C)C)cc3)c1-[n+]1[c-]n(-c3[c-]c(Oc4[c-]c5c(cc4)c4ccccc4n5-c4cc(C(C)(C)C)ccn4)ccc3)c3cc(-c4c(C([2H])([2H])[2H])cccc4C([2H])([2H])[2H])cc(c31)-c1c([2H])c([2H])c([2H])c([2H])c1-2.[Pt]. The zero-order valence-electron chi connectivity index (χ0n) is 66.5. The normalized spacial score (nSPS) is 16.1. The number of hydrogen-bond acceptors (Lipinski definition) is 2. The Bertz CT molecular complexity index is 5670. The fraction of sp³-hybridized carbons (Fsp3) is 0.154. The molecule has 0 fully saturated rings. The van der Waals surface area contributed by atoms with Gasteiger partial charge in [-0.15, -0.1) is 29.7 Å². The number of aromatic nitrogens is 4. The van der Waals surface area contributed by atoms with Crippen molar-refractivity contribution in [3.05, 3.63) is 258 Å². The van der Waals surface area contributed by atoms with Crippen LogP contribution in [0, 0.1) is 45.9 Å². The average Bonchev–Trinajstić information content (AvgIpc) is 1.47. The molecule has 5 nitrogen and oxygen atoms in total. The number of imidazole rings is 1. The molecule has 10 aromatic carbocycles. The van der Waals surface area contributed by atoms with E-state index in [1.54, 1.807) is 48.7 Å². The zero-order valence-corrected chi connectivity index (χ0v) is 48.8. The molecule has 0 atom stereocenters. The number of rotatable bonds is 7. The molecular formula is C78H64N4OPt-2. The van der Waals surface area contributed by atoms with E-state index in [9.17, 15) is 11.0 Å². The molecule has 0 radical (unpaired) electrons. The number of aryl methyl sites for hydroxylation is 4. The molecule has 1 aliphatic heterocycles. The zero-order chi connectivity index (χ0) is 74.0. The Hall–Kier alpha value is -8.89. The first-order chi connectivity index (χ1) is 48.2. The molecule has 13 aromatic rings. The predicted octanol–water partition coefficient (Wildman–Crippen LogP) is 19.7. The van der Waals surface area contributed by atoms with Gasteiger partial charge in [-0.25, -0.2) is 4.98 Å². The molecule has 84 heavy (non-hydrogen) atoms. The van der Waals surface area contributed by atoms with Crippen molar-refractivity contribution >= 4 is 32.8 Å². The summed E-state index contributed by atoms with van der Waals surface area (Å²) in [5.74, 6) is 1.05. The number of nitrogens with zero attached hydrogens (tertiary/aromatic N) is 4. The molecule has 0 N–H and O–H groups in total. The fourth-order valence-electron chi connectivity index (χ4n) is 11.5. The average molecular weight is 1290 g/mol. The van der Waals surface area contributed by atoms with E-state index in [2.05, 4.69) is 39.2 Å². The van der Waals surface area contributed by atoms with Crippen LogP contribution in [0.5, 0.6) is 11.5 Å². The summed E-state index contributed by atoms with van der Waals surface area (Å²) in [7, 11) is 0. The number of pyridine rings is 1. The Kier molecular flexibility index (Phi) is 8.89. The topological polar surface area (TPSA) is 35.9 Å². The van der Waals surface area contributed by atoms with Crippen molar-refractivity contribution in [3.8, 4) is 95.5 Å². The van der Waals surface area contributed by atoms with Crippen molar-refractivity contribution < 1.29 is 57.8 Å². The van der Waals surface area contributed by atoms with E-state index in [0.717, 1.165) is 27.4 Å². The number of ether oxygens (including phenoxy) is 1. The Labute approximate surface area is 535 Å². The largest absolute Gasteiger partial charge is 0.510 e. The summed E-state index contributed by atoms with van der Waals surface area (Å²) in [6.07, 6.45) is 5.32. The second-order valence-electron chi connectivity index (χ2n) is 23.0. The van der Waals surface area contributed by atoms with Crippen molar-refractivity contribution in [2.24, 2.45) is 0 Å². The second kappa shape index (κ2) is 20.8. The third kappa shape index (κ3) is 9.21. The van der Waals surface area contributed by atoms with Gasteiger partial charge >= 0.3 is 0 Å². The summed E-state index contributed by atoms with van der Waals surface area (Å²) < 4.78 is 197. The summed E-state index contributed by atoms with van der Waals surface area (Å²) in [5, 5.41) is 1.81. The number of para-hydroxylation sites is 1. The second-order valence-corrected chi connectivity index (χ2v) is 23.0. The van der Waals surface area contributed by atoms with Crippen molar-refractivity contribution in [1.82, 2.24) is 14.1 Å². The summed E-state index contributed by atoms with van der Waals surface area (Å²) in [6.45, 7) is 0.517. The monoisotopic (exact) mass is 1290 g/mol. The van der Waals surface area contributed by atoms with Gasteiger partial charge in [-0.2, -0.15) is 18.2 Å². The van der Waals surface area contributed by atoms with Gasteiger partial charge in [0.25, 0.3) is 6.33 Å². The van der Waals surface area contributed by atoms with Gasteiger partial charge in [0.05, 0.1) is 27.7 Å². The third-order valence-corrected chi connectivity index (χ3v) is 15.6. The van der Waals surface area contributed by atoms with Crippen LogP contribution in [0.4, 0.5) is 0 Å². The summed E-state index contributed by atoms with van der Waals surface area (Å²) in [6, 6.07) is 42.5. The molecule has 0 unspecified atom stereocenters. The van der Waals surface area contributed by atoms with E-state index in [0.29, 0.717) is 16.9 Å². The molecule has 1 aliphatic rings. The first kappa shape index (κ1) is 36.0. The standard InChI is InChI=1S/C78H64N4O.Pt/c1-48-20-17-21-49(2)73(48)53-40-66(52-32-34-55(35-33-52)77(5,6)7)75-67(41-53)62-28-13-11-26-60(62)61-27-12-14-29-63(61)68-42-54(74-50(3)22-18-23-51(74)4)43-71-76(68)81(75)47-80(71)57-24-19-25-58(45-57)83-59-36-37-65-64-30-15-16-31-69(64)82(70(65)46-59)72-44-56(38-39-79-72)78(8,9)10;/h11-44H,1-10H3;/q-2;/i1D3,2D3,3D3,4D3,11D,12D,13D,14D,26D,27D,28D,29D;. The van der Waals surface area contributed by atoms with Gasteiger partial charge in [-0.3, -0.25) is 4.57 Å². The molecule has 0 saturated heterocycles. The van der Waals surface area contributed by atoms with E-state index >= 15 is 0 Å². The first-order valence-electron chi connectivity index (χ1n) is 37.2. The van der Waals surface area contributed by atoms with Crippen LogP contribution in [0.25, 0.3) is 117 Å². The van der Waals surface area contributed by atoms with Crippen molar-refractivity contribution in [1.29, 1.82) is 0 Å². The van der Waals surface area contributed by atoms with Gasteiger partial charge in [0.1, 0.15) is 5.82 Å². The van der Waals surface area contributed by atoms with Crippen LogP contribution in [-0.2, 0) is 31.9 Å². The molecule has 414 valence electrons. The van der Waals surface area contributed by atoms with E-state index in [-0.39, 0.29) is 133 Å². The molecule has 3 aromatic heterocycles.